The Balaban J connectivity index is 1.71. The number of hydrogen-bond acceptors (Lipinski definition) is 8. The molecule has 4 atom stereocenters. The van der Waals surface area contributed by atoms with Crippen LogP contribution in [-0.4, -0.2) is 103 Å². The van der Waals surface area contributed by atoms with E-state index in [0.29, 0.717) is 18.4 Å². The molecule has 1 saturated carbocycles. The number of ketones is 2. The van der Waals surface area contributed by atoms with Crippen LogP contribution < -0.4 is 16.0 Å². The maximum atomic E-state index is 14.3. The van der Waals surface area contributed by atoms with Crippen LogP contribution in [0.1, 0.15) is 104 Å². The predicted molar refractivity (Wildman–Crippen MR) is 196 cm³/mol. The zero-order chi connectivity index (χ0) is 38.6. The van der Waals surface area contributed by atoms with E-state index < -0.39 is 65.5 Å². The van der Waals surface area contributed by atoms with Crippen molar-refractivity contribution in [2.45, 2.75) is 116 Å². The topological polar surface area (TPSA) is 171 Å². The minimum Gasteiger partial charge on any atom is -0.449 e. The molecule has 2 unspecified atom stereocenters. The zero-order valence-electron chi connectivity index (χ0n) is 32.0. The van der Waals surface area contributed by atoms with E-state index in [1.165, 1.54) is 9.80 Å². The quantitative estimate of drug-likeness (QED) is 0.204. The Labute approximate surface area is 308 Å². The van der Waals surface area contributed by atoms with Crippen LogP contribution >= 0.6 is 0 Å². The average molecular weight is 726 g/mol. The molecule has 1 aromatic rings. The Morgan fingerprint density at radius 3 is 2.21 bits per heavy atom. The molecular weight excluding hydrogens is 666 g/mol. The van der Waals surface area contributed by atoms with Crippen molar-refractivity contribution in [3.63, 3.8) is 0 Å². The summed E-state index contributed by atoms with van der Waals surface area (Å²) >= 11 is 0. The van der Waals surface area contributed by atoms with Gasteiger partial charge in [-0.2, -0.15) is 0 Å². The first kappa shape index (κ1) is 42.1. The lowest BCUT2D eigenvalue weighted by atomic mass is 9.83. The number of hydrogen-bond donors (Lipinski definition) is 3. The molecule has 1 aliphatic heterocycles. The molecule has 1 heterocycles. The van der Waals surface area contributed by atoms with Crippen molar-refractivity contribution in [3.05, 3.63) is 35.9 Å². The van der Waals surface area contributed by atoms with Crippen LogP contribution in [0.5, 0.6) is 0 Å². The maximum absolute atomic E-state index is 14.3. The Morgan fingerprint density at radius 2 is 1.62 bits per heavy atom. The first-order chi connectivity index (χ1) is 24.5. The van der Waals surface area contributed by atoms with Gasteiger partial charge in [0.05, 0.1) is 25.1 Å². The van der Waals surface area contributed by atoms with Gasteiger partial charge in [-0.25, -0.2) is 4.79 Å². The molecule has 0 aromatic heterocycles. The summed E-state index contributed by atoms with van der Waals surface area (Å²) in [4.78, 5) is 96.1. The second-order valence-corrected chi connectivity index (χ2v) is 15.7. The number of amides is 5. The molecule has 52 heavy (non-hydrogen) atoms. The number of nitrogens with zero attached hydrogens (tertiary/aromatic N) is 2. The zero-order valence-corrected chi connectivity index (χ0v) is 32.0. The summed E-state index contributed by atoms with van der Waals surface area (Å²) < 4.78 is 5.36. The molecule has 0 radical (unpaired) electrons. The number of ether oxygens (including phenoxy) is 1. The molecule has 1 aliphatic carbocycles. The first-order valence-electron chi connectivity index (χ1n) is 18.7. The first-order valence-corrected chi connectivity index (χ1v) is 18.7. The summed E-state index contributed by atoms with van der Waals surface area (Å²) in [7, 11) is 3.20. The van der Waals surface area contributed by atoms with E-state index in [9.17, 15) is 33.6 Å². The van der Waals surface area contributed by atoms with Gasteiger partial charge in [0.2, 0.25) is 23.5 Å². The largest absolute Gasteiger partial charge is 0.449 e. The van der Waals surface area contributed by atoms with E-state index in [4.69, 9.17) is 4.74 Å². The normalized spacial score (nSPS) is 18.8. The van der Waals surface area contributed by atoms with E-state index in [1.807, 2.05) is 40.7 Å². The number of benzene rings is 1. The van der Waals surface area contributed by atoms with E-state index >= 15 is 0 Å². The molecule has 1 saturated heterocycles. The van der Waals surface area contributed by atoms with Crippen molar-refractivity contribution in [2.24, 2.45) is 17.3 Å². The molecule has 3 N–H and O–H groups in total. The van der Waals surface area contributed by atoms with Crippen LogP contribution in [0.15, 0.2) is 30.3 Å². The van der Waals surface area contributed by atoms with Crippen LogP contribution in [0.4, 0.5) is 4.79 Å². The van der Waals surface area contributed by atoms with Gasteiger partial charge >= 0.3 is 6.09 Å². The Hall–Kier alpha value is -4.29. The highest BCUT2D eigenvalue weighted by Gasteiger charge is 2.47. The average Bonchev–Trinajstić information content (AvgIpc) is 3.45. The Bertz CT molecular complexity index is 1420. The SMILES string of the molecule is CCCC(NC(=O)[C@@H]1CC(C)(C)CN1C(=O)[C@@H](NC(=O)OCC(C)C)C1CCCCC1)C(=O)C(=O)NCC(=O)CC(C(=O)N(C)C)c1ccccc1. The number of nitrogens with one attached hydrogen (secondary N) is 3. The van der Waals surface area contributed by atoms with Gasteiger partial charge in [-0.15, -0.1) is 0 Å². The Kier molecular flexibility index (Phi) is 15.8. The third-order valence-corrected chi connectivity index (χ3v) is 9.77. The van der Waals surface area contributed by atoms with Crippen LogP contribution in [0.2, 0.25) is 0 Å². The van der Waals surface area contributed by atoms with Crippen molar-refractivity contribution in [1.82, 2.24) is 25.8 Å². The number of likely N-dealkylation sites (tertiary alicyclic amines) is 1. The molecule has 3 rings (SSSR count). The van der Waals surface area contributed by atoms with E-state index in [-0.39, 0.29) is 49.6 Å². The number of carbonyl (C=O) groups is 7. The third kappa shape index (κ3) is 12.2. The fourth-order valence-corrected chi connectivity index (χ4v) is 7.07. The molecule has 5 amide bonds. The van der Waals surface area contributed by atoms with Crippen LogP contribution in [0, 0.1) is 17.3 Å². The van der Waals surface area contributed by atoms with E-state index in [1.54, 1.807) is 38.4 Å². The van der Waals surface area contributed by atoms with E-state index in [2.05, 4.69) is 16.0 Å². The standard InChI is InChI=1S/C39H59N5O8/c1-8-15-30(33(46)35(48)40-22-28(45)20-29(36(49)43(6)7)26-16-11-9-12-17-26)41-34(47)31-21-39(4,5)24-44(31)37(50)32(27-18-13-10-14-19-27)42-38(51)52-23-25(2)3/h9,11-12,16-17,25,27,29-32H,8,10,13-15,18-24H2,1-7H3,(H,40,48)(H,41,47)(H,42,51)/t29?,30?,31-,32-/m0/s1. The number of rotatable bonds is 17. The number of carbonyl (C=O) groups excluding carboxylic acids is 7. The van der Waals surface area contributed by atoms with Crippen LogP contribution in [0.3, 0.4) is 0 Å². The lowest BCUT2D eigenvalue weighted by Gasteiger charge is -2.35. The second-order valence-electron chi connectivity index (χ2n) is 15.7. The van der Waals surface area contributed by atoms with Gasteiger partial charge in [0.25, 0.3) is 5.91 Å². The van der Waals surface area contributed by atoms with E-state index in [0.717, 1.165) is 32.1 Å². The van der Waals surface area contributed by atoms with Gasteiger partial charge < -0.3 is 30.5 Å². The summed E-state index contributed by atoms with van der Waals surface area (Å²) in [5.41, 5.74) is 0.234. The molecule has 2 fully saturated rings. The summed E-state index contributed by atoms with van der Waals surface area (Å²) in [6.07, 6.45) is 4.56. The fraction of sp³-hybridized carbons (Fsp3) is 0.667. The summed E-state index contributed by atoms with van der Waals surface area (Å²) in [5.74, 6) is -4.29. The molecule has 0 spiro atoms. The highest BCUT2D eigenvalue weighted by Crippen LogP contribution is 2.36. The molecule has 1 aromatic carbocycles. The number of Topliss-reactive ketones (excluding diaryl/α,β-unsaturated/α-hetero) is 2. The van der Waals surface area contributed by atoms with Gasteiger partial charge in [-0.05, 0) is 48.5 Å². The number of likely N-dealkylation sites (N-methyl/N-ethyl adjacent to an activating group) is 1. The van der Waals surface area contributed by atoms with Crippen molar-refractivity contribution >= 4 is 41.3 Å². The van der Waals surface area contributed by atoms with Gasteiger partial charge in [-0.1, -0.05) is 90.6 Å². The highest BCUT2D eigenvalue weighted by atomic mass is 16.5. The molecule has 288 valence electrons. The Morgan fingerprint density at radius 1 is 0.962 bits per heavy atom. The van der Waals surface area contributed by atoms with Crippen molar-refractivity contribution in [3.8, 4) is 0 Å². The fourth-order valence-electron chi connectivity index (χ4n) is 7.07. The van der Waals surface area contributed by atoms with Gasteiger partial charge in [-0.3, -0.25) is 28.8 Å². The predicted octanol–water partition coefficient (Wildman–Crippen LogP) is 3.75. The lowest BCUT2D eigenvalue weighted by Crippen LogP contribution is -2.58. The number of alkyl carbamates (subject to hydrolysis) is 1. The summed E-state index contributed by atoms with van der Waals surface area (Å²) in [6, 6.07) is 5.90. The molecule has 0 bridgehead atoms. The van der Waals surface area contributed by atoms with Gasteiger partial charge in [0, 0.05) is 27.1 Å². The third-order valence-electron chi connectivity index (χ3n) is 9.77. The molecular formula is C39H59N5O8. The van der Waals surface area contributed by atoms with Gasteiger partial charge in [0.15, 0.2) is 5.78 Å². The molecule has 13 heteroatoms. The van der Waals surface area contributed by atoms with Crippen molar-refractivity contribution < 1.29 is 38.3 Å². The van der Waals surface area contributed by atoms with Crippen LogP contribution in [0.25, 0.3) is 0 Å². The lowest BCUT2D eigenvalue weighted by molar-refractivity contribution is -0.143. The molecule has 13 nitrogen and oxygen atoms in total. The summed E-state index contributed by atoms with van der Waals surface area (Å²) in [6.45, 7) is 9.57. The van der Waals surface area contributed by atoms with Crippen molar-refractivity contribution in [1.29, 1.82) is 0 Å². The van der Waals surface area contributed by atoms with Crippen molar-refractivity contribution in [2.75, 3.05) is 33.8 Å². The van der Waals surface area contributed by atoms with Gasteiger partial charge in [0.1, 0.15) is 12.1 Å². The highest BCUT2D eigenvalue weighted by molar-refractivity contribution is 6.38. The summed E-state index contributed by atoms with van der Waals surface area (Å²) in [5, 5.41) is 7.93. The minimum absolute atomic E-state index is 0.106. The second kappa shape index (κ2) is 19.5. The smallest absolute Gasteiger partial charge is 0.407 e. The maximum Gasteiger partial charge on any atom is 0.407 e. The van der Waals surface area contributed by atoms with Crippen LogP contribution in [-0.2, 0) is 33.5 Å². The minimum atomic E-state index is -1.18. The molecule has 2 aliphatic rings. The monoisotopic (exact) mass is 725 g/mol.